The molecular formula is C24H26N2O4. The number of amides is 2. The monoisotopic (exact) mass is 406 g/mol. The zero-order chi connectivity index (χ0) is 20.6. The van der Waals surface area contributed by atoms with E-state index in [0.717, 1.165) is 73.2 Å². The molecule has 0 radical (unpaired) electrons. The van der Waals surface area contributed by atoms with Crippen LogP contribution in [-0.4, -0.2) is 18.6 Å². The molecule has 2 aromatic rings. The summed E-state index contributed by atoms with van der Waals surface area (Å²) < 4.78 is 11.0. The lowest BCUT2D eigenvalue weighted by molar-refractivity contribution is -0.122. The summed E-state index contributed by atoms with van der Waals surface area (Å²) >= 11 is 0. The van der Waals surface area contributed by atoms with Crippen molar-refractivity contribution in [1.82, 2.24) is 0 Å². The van der Waals surface area contributed by atoms with Gasteiger partial charge in [0.15, 0.2) is 11.5 Å². The number of ether oxygens (including phenoxy) is 2. The molecule has 2 N–H and O–H groups in total. The molecule has 2 aromatic carbocycles. The molecule has 2 heterocycles. The molecule has 1 aliphatic carbocycles. The van der Waals surface area contributed by atoms with E-state index in [1.165, 1.54) is 0 Å². The summed E-state index contributed by atoms with van der Waals surface area (Å²) in [5.41, 5.74) is 3.12. The average Bonchev–Trinajstić information content (AvgIpc) is 3.15. The van der Waals surface area contributed by atoms with Crippen molar-refractivity contribution in [3.63, 3.8) is 0 Å². The van der Waals surface area contributed by atoms with E-state index in [1.54, 1.807) is 0 Å². The molecule has 5 rings (SSSR count). The van der Waals surface area contributed by atoms with Crippen LogP contribution in [0.1, 0.15) is 56.1 Å². The molecule has 6 nitrogen and oxygen atoms in total. The first kappa shape index (κ1) is 19.0. The Labute approximate surface area is 176 Å². The molecule has 3 aliphatic rings. The second-order valence-electron chi connectivity index (χ2n) is 8.44. The number of nitrogens with one attached hydrogen (secondary N) is 2. The predicted octanol–water partition coefficient (Wildman–Crippen LogP) is 4.53. The van der Waals surface area contributed by atoms with Gasteiger partial charge in [-0.05, 0) is 67.1 Å². The lowest BCUT2D eigenvalue weighted by Gasteiger charge is -2.36. The Kier molecular flexibility index (Phi) is 4.85. The van der Waals surface area contributed by atoms with Crippen LogP contribution in [0.3, 0.4) is 0 Å². The van der Waals surface area contributed by atoms with Crippen LogP contribution in [0.5, 0.6) is 11.5 Å². The molecule has 156 valence electrons. The Bertz CT molecular complexity index is 995. The molecule has 0 atom stereocenters. The fraction of sp³-hybridized carbons (Fsp3) is 0.417. The van der Waals surface area contributed by atoms with E-state index in [4.69, 9.17) is 9.47 Å². The Morgan fingerprint density at radius 3 is 2.63 bits per heavy atom. The van der Waals surface area contributed by atoms with Gasteiger partial charge in [0.2, 0.25) is 18.6 Å². The van der Waals surface area contributed by atoms with E-state index < -0.39 is 5.41 Å². The van der Waals surface area contributed by atoms with Crippen LogP contribution in [0, 0.1) is 0 Å². The van der Waals surface area contributed by atoms with Crippen LogP contribution in [0.2, 0.25) is 0 Å². The molecule has 1 fully saturated rings. The van der Waals surface area contributed by atoms with Crippen molar-refractivity contribution in [2.24, 2.45) is 0 Å². The quantitative estimate of drug-likeness (QED) is 0.785. The Morgan fingerprint density at radius 2 is 1.77 bits per heavy atom. The standard InChI is InChI=1S/C24H26N2O4/c27-22-6-4-5-16-13-18(8-9-19(16)26-22)25-23(28)24(11-2-1-3-12-24)17-7-10-20-21(14-17)30-15-29-20/h7-10,13-14H,1-6,11-12,15H2,(H,25,28)(H,26,27). The van der Waals surface area contributed by atoms with Crippen molar-refractivity contribution in [2.45, 2.75) is 56.8 Å². The van der Waals surface area contributed by atoms with Crippen LogP contribution >= 0.6 is 0 Å². The van der Waals surface area contributed by atoms with E-state index in [1.807, 2.05) is 36.4 Å². The minimum atomic E-state index is -0.569. The first-order valence-electron chi connectivity index (χ1n) is 10.8. The molecular weight excluding hydrogens is 380 g/mol. The smallest absolute Gasteiger partial charge is 0.235 e. The van der Waals surface area contributed by atoms with Gasteiger partial charge in [0.05, 0.1) is 5.41 Å². The third-order valence-electron chi connectivity index (χ3n) is 6.55. The molecule has 0 bridgehead atoms. The molecule has 2 aliphatic heterocycles. The van der Waals surface area contributed by atoms with Crippen LogP contribution in [0.15, 0.2) is 36.4 Å². The third-order valence-corrected chi connectivity index (χ3v) is 6.55. The van der Waals surface area contributed by atoms with Crippen molar-refractivity contribution in [3.05, 3.63) is 47.5 Å². The van der Waals surface area contributed by atoms with Gasteiger partial charge >= 0.3 is 0 Å². The minimum Gasteiger partial charge on any atom is -0.454 e. The zero-order valence-electron chi connectivity index (χ0n) is 17.0. The summed E-state index contributed by atoms with van der Waals surface area (Å²) in [4.78, 5) is 25.4. The van der Waals surface area contributed by atoms with Crippen molar-refractivity contribution >= 4 is 23.2 Å². The number of hydrogen-bond donors (Lipinski definition) is 2. The van der Waals surface area contributed by atoms with Gasteiger partial charge in [-0.3, -0.25) is 9.59 Å². The van der Waals surface area contributed by atoms with E-state index in [2.05, 4.69) is 10.6 Å². The highest BCUT2D eigenvalue weighted by Crippen LogP contribution is 2.44. The topological polar surface area (TPSA) is 76.7 Å². The number of hydrogen-bond acceptors (Lipinski definition) is 4. The summed E-state index contributed by atoms with van der Waals surface area (Å²) in [5.74, 6) is 1.53. The second-order valence-corrected chi connectivity index (χ2v) is 8.44. The first-order chi connectivity index (χ1) is 14.6. The third kappa shape index (κ3) is 3.40. The minimum absolute atomic E-state index is 0.0265. The van der Waals surface area contributed by atoms with E-state index in [0.29, 0.717) is 12.2 Å². The van der Waals surface area contributed by atoms with E-state index >= 15 is 0 Å². The van der Waals surface area contributed by atoms with Crippen molar-refractivity contribution in [1.29, 1.82) is 0 Å². The second kappa shape index (κ2) is 7.67. The van der Waals surface area contributed by atoms with Crippen LogP contribution < -0.4 is 20.1 Å². The predicted molar refractivity (Wildman–Crippen MR) is 114 cm³/mol. The maximum Gasteiger partial charge on any atom is 0.235 e. The van der Waals surface area contributed by atoms with E-state index in [9.17, 15) is 9.59 Å². The van der Waals surface area contributed by atoms with Crippen LogP contribution in [0.25, 0.3) is 0 Å². The number of rotatable bonds is 3. The zero-order valence-corrected chi connectivity index (χ0v) is 17.0. The summed E-state index contributed by atoms with van der Waals surface area (Å²) in [6.07, 6.45) is 7.01. The lowest BCUT2D eigenvalue weighted by atomic mass is 9.68. The first-order valence-corrected chi connectivity index (χ1v) is 10.8. The van der Waals surface area contributed by atoms with Gasteiger partial charge in [-0.15, -0.1) is 0 Å². The largest absolute Gasteiger partial charge is 0.454 e. The van der Waals surface area contributed by atoms with Gasteiger partial charge in [0, 0.05) is 17.8 Å². The van der Waals surface area contributed by atoms with E-state index in [-0.39, 0.29) is 18.6 Å². The number of anilines is 2. The van der Waals surface area contributed by atoms with Gasteiger partial charge in [0.25, 0.3) is 0 Å². The van der Waals surface area contributed by atoms with Gasteiger partial charge in [-0.25, -0.2) is 0 Å². The van der Waals surface area contributed by atoms with Crippen LogP contribution in [0.4, 0.5) is 11.4 Å². The highest BCUT2D eigenvalue weighted by Gasteiger charge is 2.42. The average molecular weight is 406 g/mol. The summed E-state index contributed by atoms with van der Waals surface area (Å²) in [6, 6.07) is 11.6. The highest BCUT2D eigenvalue weighted by molar-refractivity contribution is 6.00. The Balaban J connectivity index is 1.44. The van der Waals surface area contributed by atoms with Gasteiger partial charge in [-0.1, -0.05) is 25.3 Å². The Hall–Kier alpha value is -3.02. The number of carbonyl (C=O) groups is 2. The summed E-state index contributed by atoms with van der Waals surface area (Å²) in [7, 11) is 0. The molecule has 0 unspecified atom stereocenters. The van der Waals surface area contributed by atoms with Crippen molar-refractivity contribution < 1.29 is 19.1 Å². The normalized spacial score (nSPS) is 19.4. The molecule has 6 heteroatoms. The van der Waals surface area contributed by atoms with Crippen LogP contribution in [-0.2, 0) is 21.4 Å². The Morgan fingerprint density at radius 1 is 0.933 bits per heavy atom. The fourth-order valence-corrected chi connectivity index (χ4v) is 4.90. The molecule has 0 saturated heterocycles. The fourth-order valence-electron chi connectivity index (χ4n) is 4.90. The summed E-state index contributed by atoms with van der Waals surface area (Å²) in [6.45, 7) is 0.226. The van der Waals surface area contributed by atoms with Crippen molar-refractivity contribution in [2.75, 3.05) is 17.4 Å². The van der Waals surface area contributed by atoms with Crippen molar-refractivity contribution in [3.8, 4) is 11.5 Å². The van der Waals surface area contributed by atoms with Gasteiger partial charge < -0.3 is 20.1 Å². The highest BCUT2D eigenvalue weighted by atomic mass is 16.7. The lowest BCUT2D eigenvalue weighted by Crippen LogP contribution is -2.42. The number of fused-ring (bicyclic) bond motifs is 2. The number of benzene rings is 2. The van der Waals surface area contributed by atoms with Gasteiger partial charge in [0.1, 0.15) is 0 Å². The number of carbonyl (C=O) groups excluding carboxylic acids is 2. The number of aryl methyl sites for hydroxylation is 1. The van der Waals surface area contributed by atoms with Gasteiger partial charge in [-0.2, -0.15) is 0 Å². The maximum absolute atomic E-state index is 13.6. The molecule has 0 spiro atoms. The summed E-state index contributed by atoms with van der Waals surface area (Å²) in [5, 5.41) is 6.12. The molecule has 0 aromatic heterocycles. The molecule has 30 heavy (non-hydrogen) atoms. The SMILES string of the molecule is O=C1CCCc2cc(NC(=O)C3(c4ccc5c(c4)OCO5)CCCCC3)ccc2N1. The molecule has 1 saturated carbocycles. The molecule has 2 amide bonds. The maximum atomic E-state index is 13.6.